The van der Waals surface area contributed by atoms with Gasteiger partial charge in [-0.05, 0) is 90.4 Å². The molecule has 5 heterocycles. The smallest absolute Gasteiger partial charge is 0.382 e. The maximum atomic E-state index is 11.8. The molecule has 1 fully saturated rings. The quantitative estimate of drug-likeness (QED) is 0.101. The molecule has 0 spiro atoms. The van der Waals surface area contributed by atoms with Gasteiger partial charge in [0.25, 0.3) is 0 Å². The van der Waals surface area contributed by atoms with Gasteiger partial charge < -0.3 is 20.1 Å². The maximum absolute atomic E-state index is 11.8. The highest BCUT2D eigenvalue weighted by atomic mass is 127. The van der Waals surface area contributed by atoms with Crippen molar-refractivity contribution in [3.05, 3.63) is 63.9 Å². The van der Waals surface area contributed by atoms with E-state index in [4.69, 9.17) is 15.3 Å². The Balaban J connectivity index is 0.000000334. The summed E-state index contributed by atoms with van der Waals surface area (Å²) in [4.78, 5) is 0. The number of aromatic nitrogens is 8. The van der Waals surface area contributed by atoms with Gasteiger partial charge in [-0.2, -0.15) is 73.1 Å². The van der Waals surface area contributed by atoms with Crippen LogP contribution in [0.15, 0.2) is 49.6 Å². The number of epoxide rings is 1. The van der Waals surface area contributed by atoms with Crippen LogP contribution in [-0.4, -0.2) is 111 Å². The Morgan fingerprint density at radius 2 is 0.923 bits per heavy atom. The van der Waals surface area contributed by atoms with Crippen molar-refractivity contribution in [1.82, 2.24) is 39.5 Å². The summed E-state index contributed by atoms with van der Waals surface area (Å²) < 4.78 is 150. The molecule has 12 nitrogen and oxygen atoms in total. The van der Waals surface area contributed by atoms with Crippen molar-refractivity contribution in [1.29, 1.82) is 0 Å². The van der Waals surface area contributed by atoms with Gasteiger partial charge in [0.1, 0.15) is 0 Å². The van der Waals surface area contributed by atoms with Crippen molar-refractivity contribution in [2.45, 2.75) is 68.8 Å². The van der Waals surface area contributed by atoms with Crippen LogP contribution in [0.2, 0.25) is 0 Å². The number of hydrogen-bond donors (Lipinski definition) is 4. The minimum atomic E-state index is -4.59. The Hall–Kier alpha value is -1.24. The first kappa shape index (κ1) is 48.8. The molecule has 4 atom stereocenters. The molecule has 4 aromatic heterocycles. The molecule has 296 valence electrons. The molecule has 0 amide bonds. The van der Waals surface area contributed by atoms with Crippen LogP contribution in [0.1, 0.15) is 0 Å². The minimum Gasteiger partial charge on any atom is -0.382 e. The summed E-state index contributed by atoms with van der Waals surface area (Å²) >= 11 is 7.95. The second-order valence-electron chi connectivity index (χ2n) is 9.59. The second-order valence-corrected chi connectivity index (χ2v) is 14.6. The fourth-order valence-corrected chi connectivity index (χ4v) is 4.25. The van der Waals surface area contributed by atoms with E-state index in [0.29, 0.717) is 0 Å². The van der Waals surface area contributed by atoms with E-state index in [1.54, 1.807) is 6.20 Å². The van der Waals surface area contributed by atoms with E-state index in [0.717, 1.165) is 28.3 Å². The molecular formula is C24H24F12I4N8O4. The van der Waals surface area contributed by atoms with Crippen molar-refractivity contribution in [3.63, 3.8) is 0 Å². The molecule has 0 aliphatic carbocycles. The number of aromatic amines is 1. The van der Waals surface area contributed by atoms with E-state index in [1.165, 1.54) is 37.2 Å². The monoisotopic (exact) mass is 1220 g/mol. The highest BCUT2D eigenvalue weighted by Gasteiger charge is 2.49. The summed E-state index contributed by atoms with van der Waals surface area (Å²) in [6.07, 6.45) is -14.3. The van der Waals surface area contributed by atoms with Crippen LogP contribution in [0.25, 0.3) is 0 Å². The van der Waals surface area contributed by atoms with E-state index in [-0.39, 0.29) is 6.61 Å². The number of aliphatic hydroxyl groups excluding tert-OH is 3. The third-order valence-electron chi connectivity index (χ3n) is 5.18. The third kappa shape index (κ3) is 21.6. The van der Waals surface area contributed by atoms with Crippen LogP contribution in [0.3, 0.4) is 0 Å². The molecule has 0 bridgehead atoms. The topological polar surface area (TPSA) is 155 Å². The lowest BCUT2D eigenvalue weighted by Crippen LogP contribution is -2.32. The third-order valence-corrected chi connectivity index (χ3v) is 7.44. The van der Waals surface area contributed by atoms with Crippen LogP contribution < -0.4 is 0 Å². The Morgan fingerprint density at radius 1 is 0.615 bits per heavy atom. The average Bonchev–Trinajstić information content (AvgIpc) is 3.22. The van der Waals surface area contributed by atoms with Crippen LogP contribution >= 0.6 is 90.4 Å². The molecule has 0 saturated carbocycles. The molecule has 4 N–H and O–H groups in total. The summed E-state index contributed by atoms with van der Waals surface area (Å²) in [5.41, 5.74) is 0. The highest BCUT2D eigenvalue weighted by Crippen LogP contribution is 2.30. The van der Waals surface area contributed by atoms with Crippen molar-refractivity contribution < 1.29 is 72.7 Å². The van der Waals surface area contributed by atoms with Gasteiger partial charge in [-0.3, -0.25) is 19.1 Å². The summed E-state index contributed by atoms with van der Waals surface area (Å²) in [5.74, 6) is 0. The Labute approximate surface area is 339 Å². The largest absolute Gasteiger partial charge is 0.416 e. The van der Waals surface area contributed by atoms with Gasteiger partial charge in [-0.25, -0.2) is 0 Å². The maximum Gasteiger partial charge on any atom is 0.416 e. The van der Waals surface area contributed by atoms with Crippen LogP contribution in [-0.2, 0) is 24.4 Å². The normalized spacial score (nSPS) is 16.0. The van der Waals surface area contributed by atoms with E-state index in [2.05, 4.69) is 52.8 Å². The van der Waals surface area contributed by atoms with Crippen LogP contribution in [0.5, 0.6) is 0 Å². The Bertz CT molecular complexity index is 1420. The van der Waals surface area contributed by atoms with Gasteiger partial charge in [0.2, 0.25) is 0 Å². The van der Waals surface area contributed by atoms with Crippen molar-refractivity contribution >= 4 is 90.4 Å². The number of nitrogens with one attached hydrogen (secondary N) is 1. The first-order valence-corrected chi connectivity index (χ1v) is 17.6. The lowest BCUT2D eigenvalue weighted by molar-refractivity contribution is -0.208. The number of alkyl halides is 12. The van der Waals surface area contributed by atoms with Gasteiger partial charge in [0.15, 0.2) is 24.4 Å². The van der Waals surface area contributed by atoms with Gasteiger partial charge in [-0.15, -0.1) is 0 Å². The lowest BCUT2D eigenvalue weighted by atomic mass is 10.3. The molecule has 52 heavy (non-hydrogen) atoms. The van der Waals surface area contributed by atoms with Crippen molar-refractivity contribution in [2.75, 3.05) is 6.61 Å². The zero-order chi connectivity index (χ0) is 40.1. The van der Waals surface area contributed by atoms with Crippen molar-refractivity contribution in [2.24, 2.45) is 0 Å². The number of aliphatic hydroxyl groups is 3. The lowest BCUT2D eigenvalue weighted by Gasteiger charge is -2.13. The van der Waals surface area contributed by atoms with E-state index in [1.807, 2.05) is 74.0 Å². The van der Waals surface area contributed by atoms with Gasteiger partial charge in [0.05, 0.1) is 65.3 Å². The molecule has 4 aromatic rings. The standard InChI is InChI=1S/3C6H6F3IN2O.C3H3F3O.C3H3IN2/c3*7-6(8,9)5(13)3-12-2-4(10)1-11-12;4-3(5,6)2-1-7-2;4-3-1-5-6-2-3/h3*1-2,5,13H,3H2;2H,1H2;1-2H,(H,5,6)/t2*5-;;;/m10.../s1. The zero-order valence-electron chi connectivity index (χ0n) is 25.2. The fraction of sp³-hybridized carbons (Fsp3) is 0.500. The predicted molar refractivity (Wildman–Crippen MR) is 188 cm³/mol. The SMILES string of the molecule is FC(F)(F)C1CO1.Ic1cn[nH]c1.OC(Cn1cc(I)cn1)C(F)(F)F.O[C@@H](Cn1cc(I)cn1)C(F)(F)F.O[C@H](Cn1cc(I)cn1)C(F)(F)F. The summed E-state index contributed by atoms with van der Waals surface area (Å²) in [5, 5.41) is 43.2. The van der Waals surface area contributed by atoms with Crippen LogP contribution in [0, 0.1) is 14.3 Å². The summed E-state index contributed by atoms with van der Waals surface area (Å²) in [6.45, 7) is -1.84. The molecule has 28 heteroatoms. The zero-order valence-corrected chi connectivity index (χ0v) is 33.8. The predicted octanol–water partition coefficient (Wildman–Crippen LogP) is 6.19. The van der Waals surface area contributed by atoms with Crippen molar-refractivity contribution in [3.8, 4) is 0 Å². The molecule has 2 unspecified atom stereocenters. The van der Waals surface area contributed by atoms with E-state index < -0.39 is 68.8 Å². The molecule has 1 aliphatic rings. The Morgan fingerprint density at radius 3 is 1.04 bits per heavy atom. The highest BCUT2D eigenvalue weighted by molar-refractivity contribution is 14.1. The molecule has 0 radical (unpaired) electrons. The number of hydrogen-bond acceptors (Lipinski definition) is 8. The molecule has 0 aromatic carbocycles. The first-order valence-electron chi connectivity index (χ1n) is 13.3. The first-order chi connectivity index (χ1) is 23.7. The molecule has 5 rings (SSSR count). The number of rotatable bonds is 6. The average molecular weight is 1220 g/mol. The number of H-pyrrole nitrogens is 1. The van der Waals surface area contributed by atoms with Crippen LogP contribution in [0.4, 0.5) is 52.7 Å². The number of ether oxygens (including phenoxy) is 1. The number of halogens is 16. The summed E-state index contributed by atoms with van der Waals surface area (Å²) in [7, 11) is 0. The summed E-state index contributed by atoms with van der Waals surface area (Å²) in [6, 6.07) is 0. The molecule has 1 aliphatic heterocycles. The van der Waals surface area contributed by atoms with Gasteiger partial charge >= 0.3 is 24.7 Å². The minimum absolute atomic E-state index is 0.149. The van der Waals surface area contributed by atoms with Gasteiger partial charge in [-0.1, -0.05) is 0 Å². The number of nitrogens with zero attached hydrogens (tertiary/aromatic N) is 7. The van der Waals surface area contributed by atoms with E-state index in [9.17, 15) is 52.7 Å². The molecular weight excluding hydrogens is 1200 g/mol. The van der Waals surface area contributed by atoms with E-state index >= 15 is 0 Å². The second kappa shape index (κ2) is 21.7. The Kier molecular flexibility index (Phi) is 20.4. The fourth-order valence-electron chi connectivity index (χ4n) is 2.63. The molecule has 1 saturated heterocycles. The van der Waals surface area contributed by atoms with Gasteiger partial charge in [0, 0.05) is 24.8 Å².